The molecule has 3 N–H and O–H groups in total. The van der Waals surface area contributed by atoms with E-state index in [0.717, 1.165) is 19.3 Å². The molecule has 242 valence electrons. The van der Waals surface area contributed by atoms with Gasteiger partial charge in [-0.15, -0.1) is 10.2 Å². The number of nitrogens with zero attached hydrogens (tertiary/aromatic N) is 5. The van der Waals surface area contributed by atoms with E-state index < -0.39 is 53.1 Å². The quantitative estimate of drug-likeness (QED) is 0.420. The highest BCUT2D eigenvalue weighted by Crippen LogP contribution is 2.45. The van der Waals surface area contributed by atoms with Crippen LogP contribution in [0, 0.1) is 5.92 Å². The highest BCUT2D eigenvalue weighted by atomic mass is 16.6. The minimum Gasteiger partial charge on any atom is -0.497 e. The molecule has 4 unspecified atom stereocenters. The van der Waals surface area contributed by atoms with Crippen molar-refractivity contribution in [2.45, 2.75) is 95.0 Å². The molecule has 1 saturated heterocycles. The Morgan fingerprint density at radius 3 is 2.71 bits per heavy atom. The molecule has 45 heavy (non-hydrogen) atoms. The SMILES string of the molecule is COc1cccc(-c2nnn([C@@H]3CC4C(=O)NC5(C(=O)O)CC5/C=C\CCCCCC(NC(=O)OC(C)(C)C)C(=O)N4C3)n2)c1. The fraction of sp³-hybridized carbons (Fsp3) is 0.581. The van der Waals surface area contributed by atoms with E-state index in [4.69, 9.17) is 9.47 Å². The van der Waals surface area contributed by atoms with Gasteiger partial charge in [0.2, 0.25) is 17.6 Å². The summed E-state index contributed by atoms with van der Waals surface area (Å²) in [5, 5.41) is 28.5. The molecule has 1 aromatic carbocycles. The van der Waals surface area contributed by atoms with E-state index in [0.29, 0.717) is 30.0 Å². The number of methoxy groups -OCH3 is 1. The second kappa shape index (κ2) is 12.9. The molecule has 1 aliphatic carbocycles. The van der Waals surface area contributed by atoms with E-state index in [9.17, 15) is 24.3 Å². The summed E-state index contributed by atoms with van der Waals surface area (Å²) in [7, 11) is 1.56. The Morgan fingerprint density at radius 2 is 1.98 bits per heavy atom. The summed E-state index contributed by atoms with van der Waals surface area (Å²) in [5.41, 5.74) is -1.52. The highest BCUT2D eigenvalue weighted by molar-refractivity contribution is 5.96. The van der Waals surface area contributed by atoms with E-state index in [2.05, 4.69) is 26.0 Å². The van der Waals surface area contributed by atoms with Gasteiger partial charge in [-0.1, -0.05) is 37.1 Å². The lowest BCUT2D eigenvalue weighted by atomic mass is 10.0. The summed E-state index contributed by atoms with van der Waals surface area (Å²) < 4.78 is 10.7. The predicted octanol–water partition coefficient (Wildman–Crippen LogP) is 2.86. The monoisotopic (exact) mass is 623 g/mol. The number of aliphatic carboxylic acids is 1. The van der Waals surface area contributed by atoms with E-state index in [-0.39, 0.29) is 25.3 Å². The first-order valence-electron chi connectivity index (χ1n) is 15.4. The third-order valence-corrected chi connectivity index (χ3v) is 8.41. The summed E-state index contributed by atoms with van der Waals surface area (Å²) in [6.07, 6.45) is 6.88. The first kappa shape index (κ1) is 31.9. The van der Waals surface area contributed by atoms with Crippen molar-refractivity contribution < 1.29 is 33.8 Å². The molecule has 0 bridgehead atoms. The van der Waals surface area contributed by atoms with E-state index >= 15 is 0 Å². The van der Waals surface area contributed by atoms with Crippen LogP contribution in [0.5, 0.6) is 5.75 Å². The largest absolute Gasteiger partial charge is 0.497 e. The van der Waals surface area contributed by atoms with Crippen molar-refractivity contribution >= 4 is 23.9 Å². The maximum atomic E-state index is 14.2. The number of aromatic nitrogens is 4. The number of carbonyl (C=O) groups is 4. The maximum absolute atomic E-state index is 14.2. The Balaban J connectivity index is 1.44. The molecular weight excluding hydrogens is 582 g/mol. The van der Waals surface area contributed by atoms with E-state index in [1.54, 1.807) is 46.1 Å². The molecule has 14 nitrogen and oxygen atoms in total. The van der Waals surface area contributed by atoms with Crippen molar-refractivity contribution in [1.29, 1.82) is 0 Å². The molecule has 0 radical (unpaired) electrons. The zero-order chi connectivity index (χ0) is 32.4. The minimum atomic E-state index is -1.43. The van der Waals surface area contributed by atoms with Gasteiger partial charge in [-0.2, -0.15) is 4.80 Å². The average molecular weight is 624 g/mol. The zero-order valence-electron chi connectivity index (χ0n) is 26.1. The molecule has 3 heterocycles. The van der Waals surface area contributed by atoms with Gasteiger partial charge in [0.05, 0.1) is 13.2 Å². The first-order valence-corrected chi connectivity index (χ1v) is 15.4. The molecule has 0 spiro atoms. The lowest BCUT2D eigenvalue weighted by Gasteiger charge is -2.30. The number of carbonyl (C=O) groups excluding carboxylic acids is 3. The molecule has 1 aromatic heterocycles. The maximum Gasteiger partial charge on any atom is 0.408 e. The summed E-state index contributed by atoms with van der Waals surface area (Å²) in [5.74, 6) is -1.52. The van der Waals surface area contributed by atoms with Gasteiger partial charge in [0.1, 0.15) is 29.0 Å². The summed E-state index contributed by atoms with van der Waals surface area (Å²) in [6.45, 7) is 5.26. The second-order valence-corrected chi connectivity index (χ2v) is 12.9. The van der Waals surface area contributed by atoms with Crippen LogP contribution in [0.25, 0.3) is 11.4 Å². The lowest BCUT2D eigenvalue weighted by Crippen LogP contribution is -2.56. The fourth-order valence-corrected chi connectivity index (χ4v) is 5.95. The first-order chi connectivity index (χ1) is 21.4. The van der Waals surface area contributed by atoms with Crippen molar-refractivity contribution in [1.82, 2.24) is 35.7 Å². The highest BCUT2D eigenvalue weighted by Gasteiger charge is 2.61. The molecular formula is C31H41N7O7. The number of hydrogen-bond acceptors (Lipinski definition) is 9. The van der Waals surface area contributed by atoms with Crippen LogP contribution in [-0.4, -0.2) is 91.0 Å². The van der Waals surface area contributed by atoms with Gasteiger partial charge in [-0.05, 0) is 63.8 Å². The van der Waals surface area contributed by atoms with Crippen LogP contribution in [0.3, 0.4) is 0 Å². The Labute approximate surface area is 261 Å². The normalized spacial score (nSPS) is 28.0. The van der Waals surface area contributed by atoms with Crippen LogP contribution in [0.1, 0.15) is 71.8 Å². The molecule has 5 atom stereocenters. The number of benzene rings is 1. The lowest BCUT2D eigenvalue weighted by molar-refractivity contribution is -0.145. The predicted molar refractivity (Wildman–Crippen MR) is 161 cm³/mol. The van der Waals surface area contributed by atoms with E-state index in [1.165, 1.54) is 9.70 Å². The standard InChI is InChI=1S/C31H41N7O7/c1-30(2,3)45-29(43)32-23-14-9-7-5-6-8-12-20-17-31(20,28(41)42)33-26(39)24-16-21(18-37(24)27(23)40)38-35-25(34-36-38)19-11-10-13-22(15-19)44-4/h8,10-13,15,20-21,23-24H,5-7,9,14,16-18H2,1-4H3,(H,32,43)(H,33,39)(H,41,42)/b12-8-/t20?,21-,23?,24?,31?/m1/s1. The van der Waals surface area contributed by atoms with Crippen molar-refractivity contribution in [3.63, 3.8) is 0 Å². The second-order valence-electron chi connectivity index (χ2n) is 12.9. The number of alkyl carbamates (subject to hydrolysis) is 1. The average Bonchev–Trinajstić information content (AvgIpc) is 3.31. The molecule has 3 aliphatic rings. The number of rotatable bonds is 5. The van der Waals surface area contributed by atoms with Crippen LogP contribution in [0.2, 0.25) is 0 Å². The molecule has 2 aromatic rings. The number of amides is 3. The van der Waals surface area contributed by atoms with Crippen molar-refractivity contribution in [3.05, 3.63) is 36.4 Å². The minimum absolute atomic E-state index is 0.0563. The van der Waals surface area contributed by atoms with Gasteiger partial charge in [0.25, 0.3) is 0 Å². The van der Waals surface area contributed by atoms with Gasteiger partial charge >= 0.3 is 12.1 Å². The molecule has 2 aliphatic heterocycles. The molecule has 1 saturated carbocycles. The number of nitrogens with one attached hydrogen (secondary N) is 2. The Morgan fingerprint density at radius 1 is 1.18 bits per heavy atom. The van der Waals surface area contributed by atoms with Gasteiger partial charge in [0, 0.05) is 24.4 Å². The van der Waals surface area contributed by atoms with Gasteiger partial charge in [-0.25, -0.2) is 9.59 Å². The number of allylic oxidation sites excluding steroid dienone is 1. The number of tetrazole rings is 1. The number of fused-ring (bicyclic) bond motifs is 2. The van der Waals surface area contributed by atoms with E-state index in [1.807, 2.05) is 18.2 Å². The number of hydrogen-bond donors (Lipinski definition) is 3. The van der Waals surface area contributed by atoms with Crippen molar-refractivity contribution in [2.75, 3.05) is 13.7 Å². The smallest absolute Gasteiger partial charge is 0.408 e. The number of ether oxygens (including phenoxy) is 2. The topological polar surface area (TPSA) is 178 Å². The molecule has 14 heteroatoms. The van der Waals surface area contributed by atoms with Crippen molar-refractivity contribution in [3.8, 4) is 17.1 Å². The summed E-state index contributed by atoms with van der Waals surface area (Å²) >= 11 is 0. The number of carboxylic acid groups (broad SMARTS) is 1. The van der Waals surface area contributed by atoms with Crippen molar-refractivity contribution in [2.24, 2.45) is 5.92 Å². The van der Waals surface area contributed by atoms with Crippen LogP contribution in [0.4, 0.5) is 4.79 Å². The molecule has 3 amide bonds. The fourth-order valence-electron chi connectivity index (χ4n) is 5.95. The third kappa shape index (κ3) is 7.26. The Hall–Kier alpha value is -4.49. The zero-order valence-corrected chi connectivity index (χ0v) is 26.1. The Bertz CT molecular complexity index is 1470. The van der Waals surface area contributed by atoms with Gasteiger partial charge < -0.3 is 30.1 Å². The van der Waals surface area contributed by atoms with Crippen LogP contribution in [-0.2, 0) is 19.1 Å². The van der Waals surface area contributed by atoms with Crippen LogP contribution < -0.4 is 15.4 Å². The van der Waals surface area contributed by atoms with Gasteiger partial charge in [0.15, 0.2) is 0 Å². The Kier molecular flexibility index (Phi) is 9.12. The van der Waals surface area contributed by atoms with Crippen LogP contribution in [0.15, 0.2) is 36.4 Å². The van der Waals surface area contributed by atoms with Crippen LogP contribution >= 0.6 is 0 Å². The molecule has 2 fully saturated rings. The van der Waals surface area contributed by atoms with Gasteiger partial charge in [-0.3, -0.25) is 9.59 Å². The third-order valence-electron chi connectivity index (χ3n) is 8.41. The number of carboxylic acids is 1. The summed E-state index contributed by atoms with van der Waals surface area (Å²) in [4.78, 5) is 55.9. The summed E-state index contributed by atoms with van der Waals surface area (Å²) in [6, 6.07) is 4.69. The molecule has 5 rings (SSSR count).